The molecular weight excluding hydrogens is 290 g/mol. The van der Waals surface area contributed by atoms with Gasteiger partial charge in [-0.1, -0.05) is 29.8 Å². The van der Waals surface area contributed by atoms with E-state index >= 15 is 0 Å². The number of nitrogens with zero attached hydrogens (tertiary/aromatic N) is 2. The number of aromatic hydroxyl groups is 1. The maximum absolute atomic E-state index is 11.5. The van der Waals surface area contributed by atoms with E-state index in [1.807, 2.05) is 17.0 Å². The predicted octanol–water partition coefficient (Wildman–Crippen LogP) is 2.42. The fourth-order valence-electron chi connectivity index (χ4n) is 2.42. The molecular formula is C15H14ClN3O2. The molecule has 21 heavy (non-hydrogen) atoms. The average Bonchev–Trinajstić information content (AvgIpc) is 2.51. The highest BCUT2D eigenvalue weighted by molar-refractivity contribution is 6.33. The van der Waals surface area contributed by atoms with Crippen molar-refractivity contribution in [3.63, 3.8) is 0 Å². The first-order valence-corrected chi connectivity index (χ1v) is 6.99. The van der Waals surface area contributed by atoms with Gasteiger partial charge in [-0.05, 0) is 29.7 Å². The minimum absolute atomic E-state index is 0.173. The van der Waals surface area contributed by atoms with Crippen LogP contribution in [0.2, 0.25) is 5.02 Å². The number of phenolic OH excluding ortho intramolecular Hbond substituents is 1. The van der Waals surface area contributed by atoms with Gasteiger partial charge in [0, 0.05) is 13.1 Å². The molecule has 0 aliphatic carbocycles. The number of halogens is 1. The smallest absolute Gasteiger partial charge is 0.285 e. The van der Waals surface area contributed by atoms with Crippen LogP contribution in [0.4, 0.5) is 5.69 Å². The van der Waals surface area contributed by atoms with Gasteiger partial charge >= 0.3 is 0 Å². The third kappa shape index (κ3) is 2.78. The molecule has 0 fully saturated rings. The van der Waals surface area contributed by atoms with E-state index < -0.39 is 0 Å². The summed E-state index contributed by atoms with van der Waals surface area (Å²) in [5.41, 5.74) is 2.60. The van der Waals surface area contributed by atoms with Crippen molar-refractivity contribution in [2.75, 3.05) is 18.0 Å². The molecule has 1 aliphatic heterocycles. The maximum Gasteiger partial charge on any atom is 0.285 e. The van der Waals surface area contributed by atoms with Crippen LogP contribution in [-0.4, -0.2) is 28.4 Å². The van der Waals surface area contributed by atoms with Crippen LogP contribution in [0, 0.1) is 0 Å². The summed E-state index contributed by atoms with van der Waals surface area (Å²) in [5.74, 6) is 0.262. The number of hydrogen-bond donors (Lipinski definition) is 2. The second-order valence-electron chi connectivity index (χ2n) is 4.87. The molecule has 0 atom stereocenters. The summed E-state index contributed by atoms with van der Waals surface area (Å²) < 4.78 is 0. The summed E-state index contributed by atoms with van der Waals surface area (Å²) in [4.78, 5) is 13.5. The molecule has 0 bridgehead atoms. The first kappa shape index (κ1) is 13.7. The van der Waals surface area contributed by atoms with E-state index in [-0.39, 0.29) is 16.3 Å². The predicted molar refractivity (Wildman–Crippen MR) is 82.8 cm³/mol. The van der Waals surface area contributed by atoms with E-state index in [0.717, 1.165) is 18.5 Å². The highest BCUT2D eigenvalue weighted by Crippen LogP contribution is 2.28. The molecule has 2 heterocycles. The Labute approximate surface area is 126 Å². The fourth-order valence-corrected chi connectivity index (χ4v) is 2.63. The van der Waals surface area contributed by atoms with Gasteiger partial charge in [-0.3, -0.25) is 4.79 Å². The lowest BCUT2D eigenvalue weighted by Gasteiger charge is -2.28. The third-order valence-corrected chi connectivity index (χ3v) is 3.93. The van der Waals surface area contributed by atoms with Crippen LogP contribution in [0.3, 0.4) is 0 Å². The number of nitrogens with one attached hydrogen (secondary N) is 1. The van der Waals surface area contributed by atoms with Crippen molar-refractivity contribution < 1.29 is 5.11 Å². The summed E-state index contributed by atoms with van der Waals surface area (Å²) in [5, 5.41) is 15.6. The zero-order valence-electron chi connectivity index (χ0n) is 11.2. The molecule has 0 unspecified atom stereocenters. The van der Waals surface area contributed by atoms with Crippen LogP contribution in [-0.2, 0) is 0 Å². The first-order chi connectivity index (χ1) is 10.1. The van der Waals surface area contributed by atoms with Crippen molar-refractivity contribution in [1.82, 2.24) is 10.2 Å². The van der Waals surface area contributed by atoms with E-state index in [2.05, 4.69) is 16.3 Å². The number of phenols is 1. The number of aromatic amines is 1. The molecule has 1 aromatic heterocycles. The van der Waals surface area contributed by atoms with Gasteiger partial charge in [-0.25, -0.2) is 5.10 Å². The van der Waals surface area contributed by atoms with E-state index in [9.17, 15) is 9.90 Å². The van der Waals surface area contributed by atoms with Gasteiger partial charge in [-0.2, -0.15) is 5.10 Å². The van der Waals surface area contributed by atoms with Gasteiger partial charge < -0.3 is 10.0 Å². The van der Waals surface area contributed by atoms with Gasteiger partial charge in [0.05, 0.1) is 11.9 Å². The maximum atomic E-state index is 11.5. The minimum atomic E-state index is -0.373. The molecule has 1 aliphatic rings. The molecule has 0 saturated heterocycles. The number of benzene rings is 1. The normalized spacial score (nSPS) is 14.9. The van der Waals surface area contributed by atoms with Crippen molar-refractivity contribution in [1.29, 1.82) is 0 Å². The standard InChI is InChI=1S/C15H14ClN3O2/c16-14-13(9-17-18-15(14)21)19-7-5-11(6-8-19)10-1-3-12(20)4-2-10/h1-5,9,20H,6-8H2,(H,18,21). The Bertz CT molecular complexity index is 737. The summed E-state index contributed by atoms with van der Waals surface area (Å²) in [6.07, 6.45) is 4.52. The molecule has 108 valence electrons. The first-order valence-electron chi connectivity index (χ1n) is 6.62. The van der Waals surface area contributed by atoms with Crippen LogP contribution in [0.1, 0.15) is 12.0 Å². The van der Waals surface area contributed by atoms with Gasteiger partial charge in [0.15, 0.2) is 0 Å². The molecule has 6 heteroatoms. The topological polar surface area (TPSA) is 69.2 Å². The largest absolute Gasteiger partial charge is 0.508 e. The van der Waals surface area contributed by atoms with Crippen molar-refractivity contribution >= 4 is 22.9 Å². The minimum Gasteiger partial charge on any atom is -0.508 e. The number of hydrogen-bond acceptors (Lipinski definition) is 4. The van der Waals surface area contributed by atoms with Crippen LogP contribution >= 0.6 is 11.6 Å². The zero-order chi connectivity index (χ0) is 14.8. The highest BCUT2D eigenvalue weighted by Gasteiger charge is 2.17. The molecule has 0 saturated carbocycles. The van der Waals surface area contributed by atoms with Crippen LogP contribution < -0.4 is 10.5 Å². The fraction of sp³-hybridized carbons (Fsp3) is 0.200. The Morgan fingerprint density at radius 1 is 1.29 bits per heavy atom. The second-order valence-corrected chi connectivity index (χ2v) is 5.25. The van der Waals surface area contributed by atoms with Crippen molar-refractivity contribution in [3.05, 3.63) is 57.5 Å². The molecule has 2 N–H and O–H groups in total. The molecule has 2 aromatic rings. The Balaban J connectivity index is 1.82. The summed E-state index contributed by atoms with van der Waals surface area (Å²) >= 11 is 6.02. The lowest BCUT2D eigenvalue weighted by atomic mass is 9.99. The van der Waals surface area contributed by atoms with E-state index in [0.29, 0.717) is 12.2 Å². The molecule has 5 nitrogen and oxygen atoms in total. The quantitative estimate of drug-likeness (QED) is 0.894. The van der Waals surface area contributed by atoms with Crippen LogP contribution in [0.5, 0.6) is 5.75 Å². The zero-order valence-corrected chi connectivity index (χ0v) is 12.0. The average molecular weight is 304 g/mol. The van der Waals surface area contributed by atoms with Crippen molar-refractivity contribution in [2.24, 2.45) is 0 Å². The SMILES string of the molecule is O=c1[nH]ncc(N2CC=C(c3ccc(O)cc3)CC2)c1Cl. The molecule has 0 spiro atoms. The Morgan fingerprint density at radius 3 is 2.71 bits per heavy atom. The van der Waals surface area contributed by atoms with E-state index in [4.69, 9.17) is 11.6 Å². The monoisotopic (exact) mass is 303 g/mol. The number of rotatable bonds is 2. The van der Waals surface area contributed by atoms with Gasteiger partial charge in [-0.15, -0.1) is 0 Å². The van der Waals surface area contributed by atoms with Gasteiger partial charge in [0.2, 0.25) is 0 Å². The van der Waals surface area contributed by atoms with Crippen molar-refractivity contribution in [3.8, 4) is 5.75 Å². The lowest BCUT2D eigenvalue weighted by molar-refractivity contribution is 0.475. The van der Waals surface area contributed by atoms with Crippen LogP contribution in [0.15, 0.2) is 41.3 Å². The lowest BCUT2D eigenvalue weighted by Crippen LogP contribution is -2.30. The third-order valence-electron chi connectivity index (χ3n) is 3.57. The van der Waals surface area contributed by atoms with Gasteiger partial charge in [0.1, 0.15) is 10.8 Å². The van der Waals surface area contributed by atoms with E-state index in [1.165, 1.54) is 5.57 Å². The number of anilines is 1. The highest BCUT2D eigenvalue weighted by atomic mass is 35.5. The number of H-pyrrole nitrogens is 1. The molecule has 1 aromatic carbocycles. The Hall–Kier alpha value is -2.27. The second kappa shape index (κ2) is 5.61. The molecule has 0 radical (unpaired) electrons. The summed E-state index contributed by atoms with van der Waals surface area (Å²) in [6.45, 7) is 1.43. The number of aromatic nitrogens is 2. The van der Waals surface area contributed by atoms with E-state index in [1.54, 1.807) is 18.3 Å². The Kier molecular flexibility index (Phi) is 3.66. The molecule has 3 rings (SSSR count). The summed E-state index contributed by atoms with van der Waals surface area (Å²) in [6, 6.07) is 7.16. The molecule has 0 amide bonds. The van der Waals surface area contributed by atoms with Gasteiger partial charge in [0.25, 0.3) is 5.56 Å². The van der Waals surface area contributed by atoms with Crippen molar-refractivity contribution in [2.45, 2.75) is 6.42 Å². The Morgan fingerprint density at radius 2 is 2.05 bits per heavy atom. The summed E-state index contributed by atoms with van der Waals surface area (Å²) in [7, 11) is 0. The van der Waals surface area contributed by atoms with Crippen LogP contribution in [0.25, 0.3) is 5.57 Å².